The first-order valence-electron chi connectivity index (χ1n) is 10.8. The Morgan fingerprint density at radius 1 is 0.722 bits per heavy atom. The molecule has 0 saturated heterocycles. The first-order chi connectivity index (χ1) is 17.5. The van der Waals surface area contributed by atoms with Gasteiger partial charge in [0.1, 0.15) is 17.2 Å². The molecule has 0 spiro atoms. The number of hydrazone groups is 1. The molecule has 0 aliphatic heterocycles. The highest BCUT2D eigenvalue weighted by molar-refractivity contribution is 5.98. The van der Waals surface area contributed by atoms with Gasteiger partial charge < -0.3 is 14.6 Å². The maximum atomic E-state index is 12.7. The monoisotopic (exact) mass is 480 g/mol. The molecule has 0 aromatic heterocycles. The van der Waals surface area contributed by atoms with E-state index in [9.17, 15) is 19.5 Å². The number of nitrogens with one attached hydrogen (secondary N) is 1. The van der Waals surface area contributed by atoms with Crippen LogP contribution in [0.15, 0.2) is 108 Å². The van der Waals surface area contributed by atoms with Crippen molar-refractivity contribution in [2.45, 2.75) is 0 Å². The third-order valence-electron chi connectivity index (χ3n) is 4.94. The van der Waals surface area contributed by atoms with Gasteiger partial charge >= 0.3 is 11.9 Å². The van der Waals surface area contributed by atoms with Crippen molar-refractivity contribution in [3.63, 3.8) is 0 Å². The number of phenols is 1. The van der Waals surface area contributed by atoms with Gasteiger partial charge in [-0.05, 0) is 48.5 Å². The van der Waals surface area contributed by atoms with E-state index in [-0.39, 0.29) is 22.8 Å². The Morgan fingerprint density at radius 2 is 1.31 bits per heavy atom. The predicted octanol–water partition coefficient (Wildman–Crippen LogP) is 4.59. The molecule has 0 bridgehead atoms. The number of carbonyl (C=O) groups is 3. The van der Waals surface area contributed by atoms with Gasteiger partial charge in [0.2, 0.25) is 0 Å². The minimum Gasteiger partial charge on any atom is -0.507 e. The second-order valence-corrected chi connectivity index (χ2v) is 7.43. The summed E-state index contributed by atoms with van der Waals surface area (Å²) >= 11 is 0. The Bertz CT molecular complexity index is 1420. The fourth-order valence-corrected chi connectivity index (χ4v) is 3.13. The van der Waals surface area contributed by atoms with E-state index < -0.39 is 17.8 Å². The number of hydrogen-bond acceptors (Lipinski definition) is 7. The van der Waals surface area contributed by atoms with Gasteiger partial charge in [0, 0.05) is 11.6 Å². The summed E-state index contributed by atoms with van der Waals surface area (Å²) in [5, 5.41) is 13.7. The molecule has 0 aliphatic rings. The van der Waals surface area contributed by atoms with Crippen LogP contribution in [0.5, 0.6) is 17.2 Å². The van der Waals surface area contributed by atoms with Gasteiger partial charge in [0.05, 0.1) is 22.9 Å². The molecule has 4 aromatic rings. The number of rotatable bonds is 7. The van der Waals surface area contributed by atoms with Crippen LogP contribution in [0.3, 0.4) is 0 Å². The highest BCUT2D eigenvalue weighted by Gasteiger charge is 2.15. The lowest BCUT2D eigenvalue weighted by Crippen LogP contribution is -2.18. The average molecular weight is 480 g/mol. The molecule has 0 atom stereocenters. The summed E-state index contributed by atoms with van der Waals surface area (Å²) in [6.45, 7) is 0. The summed E-state index contributed by atoms with van der Waals surface area (Å²) in [6, 6.07) is 27.3. The fourth-order valence-electron chi connectivity index (χ4n) is 3.13. The number of benzene rings is 4. The van der Waals surface area contributed by atoms with Crippen molar-refractivity contribution in [1.82, 2.24) is 5.43 Å². The van der Waals surface area contributed by atoms with E-state index in [1.165, 1.54) is 36.5 Å². The molecule has 4 rings (SSSR count). The van der Waals surface area contributed by atoms with E-state index in [0.717, 1.165) is 0 Å². The Morgan fingerprint density at radius 3 is 1.94 bits per heavy atom. The first kappa shape index (κ1) is 23.9. The molecule has 0 radical (unpaired) electrons. The third kappa shape index (κ3) is 6.00. The lowest BCUT2D eigenvalue weighted by atomic mass is 10.2. The van der Waals surface area contributed by atoms with Crippen LogP contribution >= 0.6 is 0 Å². The van der Waals surface area contributed by atoms with Crippen molar-refractivity contribution in [2.75, 3.05) is 0 Å². The van der Waals surface area contributed by atoms with Gasteiger partial charge in [-0.15, -0.1) is 0 Å². The second kappa shape index (κ2) is 11.3. The molecule has 8 heteroatoms. The van der Waals surface area contributed by atoms with Crippen molar-refractivity contribution in [3.05, 3.63) is 125 Å². The molecule has 0 aliphatic carbocycles. The van der Waals surface area contributed by atoms with Crippen molar-refractivity contribution in [1.29, 1.82) is 0 Å². The topological polar surface area (TPSA) is 114 Å². The molecular formula is C28H20N2O6. The minimum atomic E-state index is -0.630. The number of esters is 2. The van der Waals surface area contributed by atoms with Gasteiger partial charge in [-0.1, -0.05) is 48.5 Å². The number of hydrogen-bond donors (Lipinski definition) is 2. The molecule has 0 fully saturated rings. The van der Waals surface area contributed by atoms with Crippen LogP contribution < -0.4 is 14.9 Å². The van der Waals surface area contributed by atoms with E-state index in [2.05, 4.69) is 10.5 Å². The van der Waals surface area contributed by atoms with Gasteiger partial charge in [-0.2, -0.15) is 5.10 Å². The quantitative estimate of drug-likeness (QED) is 0.173. The lowest BCUT2D eigenvalue weighted by molar-refractivity contribution is 0.0731. The number of amides is 1. The number of aromatic hydroxyl groups is 1. The van der Waals surface area contributed by atoms with Gasteiger partial charge in [0.15, 0.2) is 0 Å². The molecule has 0 unspecified atom stereocenters. The zero-order valence-electron chi connectivity index (χ0n) is 18.8. The zero-order chi connectivity index (χ0) is 25.3. The highest BCUT2D eigenvalue weighted by atomic mass is 16.5. The number of phenolic OH excluding ortho intramolecular Hbond substituents is 1. The van der Waals surface area contributed by atoms with Crippen LogP contribution in [0.1, 0.15) is 36.6 Å². The Balaban J connectivity index is 1.56. The summed E-state index contributed by atoms with van der Waals surface area (Å²) in [7, 11) is 0. The van der Waals surface area contributed by atoms with E-state index in [4.69, 9.17) is 9.47 Å². The van der Waals surface area contributed by atoms with Crippen LogP contribution in [0.25, 0.3) is 0 Å². The molecule has 2 N–H and O–H groups in total. The predicted molar refractivity (Wildman–Crippen MR) is 132 cm³/mol. The molecule has 36 heavy (non-hydrogen) atoms. The summed E-state index contributed by atoms with van der Waals surface area (Å²) in [5.74, 6) is -1.81. The molecule has 178 valence electrons. The Hall–Kier alpha value is -5.24. The summed E-state index contributed by atoms with van der Waals surface area (Å²) in [5.41, 5.74) is 3.37. The van der Waals surface area contributed by atoms with Gasteiger partial charge in [0.25, 0.3) is 5.91 Å². The Kier molecular flexibility index (Phi) is 7.47. The third-order valence-corrected chi connectivity index (χ3v) is 4.94. The molecule has 0 saturated carbocycles. The number of para-hydroxylation sites is 1. The lowest BCUT2D eigenvalue weighted by Gasteiger charge is -2.10. The van der Waals surface area contributed by atoms with Crippen molar-refractivity contribution < 1.29 is 29.0 Å². The van der Waals surface area contributed by atoms with Crippen LogP contribution in [-0.2, 0) is 0 Å². The highest BCUT2D eigenvalue weighted by Crippen LogP contribution is 2.26. The van der Waals surface area contributed by atoms with Crippen LogP contribution in [0.2, 0.25) is 0 Å². The van der Waals surface area contributed by atoms with Crippen LogP contribution in [0.4, 0.5) is 0 Å². The SMILES string of the molecule is O=C(Oc1ccc(/C=N/NC(=O)c2ccccc2O)c(OC(=O)c2ccccc2)c1)c1ccccc1. The standard InChI is InChI=1S/C28H20N2O6/c31-24-14-8-7-13-23(24)26(32)30-29-18-21-15-16-22(35-27(33)19-9-3-1-4-10-19)17-25(21)36-28(34)20-11-5-2-6-12-20/h1-18,31H,(H,30,32)/b29-18+. The zero-order valence-corrected chi connectivity index (χ0v) is 18.8. The van der Waals surface area contributed by atoms with Crippen LogP contribution in [-0.4, -0.2) is 29.2 Å². The normalized spacial score (nSPS) is 10.6. The van der Waals surface area contributed by atoms with Crippen molar-refractivity contribution >= 4 is 24.1 Å². The van der Waals surface area contributed by atoms with Crippen molar-refractivity contribution in [2.24, 2.45) is 5.10 Å². The van der Waals surface area contributed by atoms with E-state index in [1.807, 2.05) is 0 Å². The first-order valence-corrected chi connectivity index (χ1v) is 10.8. The largest absolute Gasteiger partial charge is 0.507 e. The Labute approximate surface area is 206 Å². The van der Waals surface area contributed by atoms with Gasteiger partial charge in [-0.3, -0.25) is 4.79 Å². The second-order valence-electron chi connectivity index (χ2n) is 7.43. The molecular weight excluding hydrogens is 460 g/mol. The smallest absolute Gasteiger partial charge is 0.343 e. The number of nitrogens with zero attached hydrogens (tertiary/aromatic N) is 1. The van der Waals surface area contributed by atoms with E-state index in [1.54, 1.807) is 72.8 Å². The van der Waals surface area contributed by atoms with E-state index in [0.29, 0.717) is 16.7 Å². The number of carbonyl (C=O) groups excluding carboxylic acids is 3. The summed E-state index contributed by atoms with van der Waals surface area (Å²) in [4.78, 5) is 37.4. The minimum absolute atomic E-state index is 0.0496. The van der Waals surface area contributed by atoms with Crippen LogP contribution in [0, 0.1) is 0 Å². The van der Waals surface area contributed by atoms with Gasteiger partial charge in [-0.25, -0.2) is 15.0 Å². The maximum Gasteiger partial charge on any atom is 0.343 e. The molecule has 0 heterocycles. The average Bonchev–Trinajstić information content (AvgIpc) is 2.91. The molecule has 1 amide bonds. The van der Waals surface area contributed by atoms with E-state index >= 15 is 0 Å². The summed E-state index contributed by atoms with van der Waals surface area (Å²) in [6.07, 6.45) is 1.27. The number of ether oxygens (including phenoxy) is 2. The summed E-state index contributed by atoms with van der Waals surface area (Å²) < 4.78 is 11.0. The molecule has 8 nitrogen and oxygen atoms in total. The fraction of sp³-hybridized carbons (Fsp3) is 0. The molecule has 4 aromatic carbocycles. The maximum absolute atomic E-state index is 12.7. The van der Waals surface area contributed by atoms with Crippen molar-refractivity contribution in [3.8, 4) is 17.2 Å².